The number of benzene rings is 1. The van der Waals surface area contributed by atoms with Gasteiger partial charge in [0, 0.05) is 17.8 Å². The molecule has 8 heteroatoms. The molecule has 0 amide bonds. The van der Waals surface area contributed by atoms with E-state index >= 15 is 0 Å². The summed E-state index contributed by atoms with van der Waals surface area (Å²) in [5.41, 5.74) is 1.82. The minimum Gasteiger partial charge on any atom is -0.478 e. The van der Waals surface area contributed by atoms with Gasteiger partial charge in [-0.3, -0.25) is 4.98 Å². The minimum absolute atomic E-state index is 0.0899. The molecule has 3 N–H and O–H groups in total. The van der Waals surface area contributed by atoms with E-state index in [0.717, 1.165) is 5.56 Å². The normalized spacial score (nSPS) is 12.1. The molecule has 0 bridgehead atoms. The zero-order chi connectivity index (χ0) is 17.8. The van der Waals surface area contributed by atoms with Crippen molar-refractivity contribution in [2.45, 2.75) is 6.04 Å². The number of fused-ring (bicyclic) bond motifs is 1. The molecule has 7 nitrogen and oxygen atoms in total. The summed E-state index contributed by atoms with van der Waals surface area (Å²) in [5.74, 6) is -0.579. The summed E-state index contributed by atoms with van der Waals surface area (Å²) in [5, 5.41) is 16.4. The standard InChI is InChI=1S/C17H16ClN5O2/c1-19-8-13(10-2-4-11(18)5-3-10)23-16-15-14(21-9-22-16)12(17(24)25)6-7-20-15/h2-7,9,13,19H,8H2,1H3,(H,24,25)(H,21,22,23)/t13-/m1/s1. The van der Waals surface area contributed by atoms with Gasteiger partial charge in [0.15, 0.2) is 5.82 Å². The number of carbonyl (C=O) groups is 1. The minimum atomic E-state index is -1.05. The van der Waals surface area contributed by atoms with Gasteiger partial charge in [-0.2, -0.15) is 0 Å². The third-order valence-corrected chi connectivity index (χ3v) is 4.00. The lowest BCUT2D eigenvalue weighted by Gasteiger charge is -2.20. The highest BCUT2D eigenvalue weighted by Gasteiger charge is 2.17. The molecule has 3 rings (SSSR count). The average molecular weight is 358 g/mol. The SMILES string of the molecule is CNC[C@@H](Nc1ncnc2c(C(=O)O)ccnc12)c1ccc(Cl)cc1. The first-order chi connectivity index (χ1) is 12.1. The van der Waals surface area contributed by atoms with E-state index in [2.05, 4.69) is 25.6 Å². The third kappa shape index (κ3) is 3.67. The van der Waals surface area contributed by atoms with Crippen molar-refractivity contribution in [3.05, 3.63) is 59.0 Å². The van der Waals surface area contributed by atoms with Crippen molar-refractivity contribution >= 4 is 34.4 Å². The van der Waals surface area contributed by atoms with Crippen molar-refractivity contribution in [1.29, 1.82) is 0 Å². The molecule has 2 heterocycles. The molecule has 2 aromatic heterocycles. The number of anilines is 1. The van der Waals surface area contributed by atoms with E-state index in [-0.39, 0.29) is 11.6 Å². The van der Waals surface area contributed by atoms with Gasteiger partial charge in [0.25, 0.3) is 0 Å². The van der Waals surface area contributed by atoms with E-state index in [1.807, 2.05) is 31.3 Å². The van der Waals surface area contributed by atoms with Crippen molar-refractivity contribution in [1.82, 2.24) is 20.3 Å². The number of likely N-dealkylation sites (N-methyl/N-ethyl adjacent to an activating group) is 1. The van der Waals surface area contributed by atoms with Gasteiger partial charge in [-0.05, 0) is 30.8 Å². The lowest BCUT2D eigenvalue weighted by atomic mass is 10.1. The summed E-state index contributed by atoms with van der Waals surface area (Å²) in [6, 6.07) is 8.81. The predicted octanol–water partition coefficient (Wildman–Crippen LogP) is 2.75. The summed E-state index contributed by atoms with van der Waals surface area (Å²) in [4.78, 5) is 23.9. The molecule has 0 fully saturated rings. The fourth-order valence-corrected chi connectivity index (χ4v) is 2.68. The van der Waals surface area contributed by atoms with Crippen LogP contribution in [0.3, 0.4) is 0 Å². The maximum atomic E-state index is 11.4. The van der Waals surface area contributed by atoms with Gasteiger partial charge in [0.05, 0.1) is 11.6 Å². The number of nitrogens with one attached hydrogen (secondary N) is 2. The van der Waals surface area contributed by atoms with Crippen LogP contribution >= 0.6 is 11.6 Å². The zero-order valence-electron chi connectivity index (χ0n) is 13.4. The number of rotatable bonds is 6. The molecule has 0 aliphatic rings. The van der Waals surface area contributed by atoms with Crippen LogP contribution in [0.1, 0.15) is 22.0 Å². The van der Waals surface area contributed by atoms with Gasteiger partial charge in [0.2, 0.25) is 0 Å². The number of hydrogen-bond acceptors (Lipinski definition) is 6. The summed E-state index contributed by atoms with van der Waals surface area (Å²) in [6.07, 6.45) is 2.77. The number of nitrogens with zero attached hydrogens (tertiary/aromatic N) is 3. The number of halogens is 1. The van der Waals surface area contributed by atoms with E-state index in [1.165, 1.54) is 18.6 Å². The van der Waals surface area contributed by atoms with Gasteiger partial charge in [-0.25, -0.2) is 14.8 Å². The largest absolute Gasteiger partial charge is 0.478 e. The van der Waals surface area contributed by atoms with Crippen LogP contribution in [-0.4, -0.2) is 39.6 Å². The van der Waals surface area contributed by atoms with Crippen LogP contribution < -0.4 is 10.6 Å². The highest BCUT2D eigenvalue weighted by atomic mass is 35.5. The maximum Gasteiger partial charge on any atom is 0.338 e. The molecule has 0 aliphatic carbocycles. The van der Waals surface area contributed by atoms with Crippen LogP contribution in [0.2, 0.25) is 5.02 Å². The molecule has 1 atom stereocenters. The number of carboxylic acid groups (broad SMARTS) is 1. The Kier molecular flexibility index (Phi) is 5.06. The van der Waals surface area contributed by atoms with Crippen LogP contribution in [-0.2, 0) is 0 Å². The first kappa shape index (κ1) is 17.1. The lowest BCUT2D eigenvalue weighted by molar-refractivity contribution is 0.0698. The molecule has 128 valence electrons. The van der Waals surface area contributed by atoms with E-state index in [0.29, 0.717) is 28.4 Å². The summed E-state index contributed by atoms with van der Waals surface area (Å²) < 4.78 is 0. The monoisotopic (exact) mass is 357 g/mol. The molecule has 0 aliphatic heterocycles. The number of aromatic nitrogens is 3. The highest BCUT2D eigenvalue weighted by Crippen LogP contribution is 2.25. The van der Waals surface area contributed by atoms with Gasteiger partial charge in [-0.15, -0.1) is 0 Å². The first-order valence-electron chi connectivity index (χ1n) is 7.59. The van der Waals surface area contributed by atoms with Crippen LogP contribution in [0.25, 0.3) is 11.0 Å². The van der Waals surface area contributed by atoms with Crippen molar-refractivity contribution < 1.29 is 9.90 Å². The third-order valence-electron chi connectivity index (χ3n) is 3.74. The van der Waals surface area contributed by atoms with Crippen LogP contribution in [0.4, 0.5) is 5.82 Å². The van der Waals surface area contributed by atoms with Crippen molar-refractivity contribution in [2.75, 3.05) is 18.9 Å². The second-order valence-electron chi connectivity index (χ2n) is 5.39. The summed E-state index contributed by atoms with van der Waals surface area (Å²) >= 11 is 5.96. The Morgan fingerprint density at radius 2 is 1.92 bits per heavy atom. The molecule has 3 aromatic rings. The lowest BCUT2D eigenvalue weighted by Crippen LogP contribution is -2.24. The van der Waals surface area contributed by atoms with E-state index < -0.39 is 5.97 Å². The van der Waals surface area contributed by atoms with E-state index in [4.69, 9.17) is 11.6 Å². The molecule has 0 radical (unpaired) electrons. The molecular formula is C17H16ClN5O2. The van der Waals surface area contributed by atoms with Crippen molar-refractivity contribution in [3.63, 3.8) is 0 Å². The molecule has 0 saturated carbocycles. The molecule has 0 saturated heterocycles. The Bertz CT molecular complexity index is 901. The van der Waals surface area contributed by atoms with E-state index in [9.17, 15) is 9.90 Å². The second-order valence-corrected chi connectivity index (χ2v) is 5.83. The van der Waals surface area contributed by atoms with Crippen LogP contribution in [0.5, 0.6) is 0 Å². The Morgan fingerprint density at radius 1 is 1.16 bits per heavy atom. The smallest absolute Gasteiger partial charge is 0.338 e. The summed E-state index contributed by atoms with van der Waals surface area (Å²) in [7, 11) is 1.85. The first-order valence-corrected chi connectivity index (χ1v) is 7.97. The molecular weight excluding hydrogens is 342 g/mol. The van der Waals surface area contributed by atoms with E-state index in [1.54, 1.807) is 0 Å². The van der Waals surface area contributed by atoms with Gasteiger partial charge >= 0.3 is 5.97 Å². The number of carboxylic acids is 1. The average Bonchev–Trinajstić information content (AvgIpc) is 2.61. The quantitative estimate of drug-likeness (QED) is 0.623. The number of pyridine rings is 1. The topological polar surface area (TPSA) is 100 Å². The van der Waals surface area contributed by atoms with Gasteiger partial charge in [-0.1, -0.05) is 23.7 Å². The molecule has 1 aromatic carbocycles. The van der Waals surface area contributed by atoms with Gasteiger partial charge < -0.3 is 15.7 Å². The molecule has 0 unspecified atom stereocenters. The maximum absolute atomic E-state index is 11.4. The van der Waals surface area contributed by atoms with Crippen molar-refractivity contribution in [2.24, 2.45) is 0 Å². The Hall–Kier alpha value is -2.77. The fourth-order valence-electron chi connectivity index (χ4n) is 2.56. The van der Waals surface area contributed by atoms with Crippen LogP contribution in [0.15, 0.2) is 42.9 Å². The predicted molar refractivity (Wildman–Crippen MR) is 96.0 cm³/mol. The zero-order valence-corrected chi connectivity index (χ0v) is 14.2. The van der Waals surface area contributed by atoms with Crippen LogP contribution in [0, 0.1) is 0 Å². The number of hydrogen-bond donors (Lipinski definition) is 3. The second kappa shape index (κ2) is 7.42. The fraction of sp³-hybridized carbons (Fsp3) is 0.176. The Morgan fingerprint density at radius 3 is 2.60 bits per heavy atom. The number of aromatic carboxylic acids is 1. The Labute approximate surface area is 149 Å². The molecule has 25 heavy (non-hydrogen) atoms. The summed E-state index contributed by atoms with van der Waals surface area (Å²) in [6.45, 7) is 0.631. The van der Waals surface area contributed by atoms with Gasteiger partial charge in [0.1, 0.15) is 17.4 Å². The highest BCUT2D eigenvalue weighted by molar-refractivity contribution is 6.30. The molecule has 0 spiro atoms. The van der Waals surface area contributed by atoms with Crippen molar-refractivity contribution in [3.8, 4) is 0 Å². The Balaban J connectivity index is 2.01.